The van der Waals surface area contributed by atoms with Crippen molar-refractivity contribution in [1.29, 1.82) is 0 Å². The van der Waals surface area contributed by atoms with Gasteiger partial charge in [0.2, 0.25) is 5.56 Å². The molecule has 3 N–H and O–H groups in total. The lowest BCUT2D eigenvalue weighted by molar-refractivity contribution is -0.0772. The molecule has 1 aliphatic carbocycles. The molecule has 2 aromatic rings. The molecule has 140 valence electrons. The molecule has 2 amide bonds. The van der Waals surface area contributed by atoms with E-state index < -0.39 is 5.60 Å². The number of hydrogen-bond acceptors (Lipinski definition) is 4. The van der Waals surface area contributed by atoms with E-state index in [4.69, 9.17) is 0 Å². The summed E-state index contributed by atoms with van der Waals surface area (Å²) in [5, 5.41) is 13.3. The number of fused-ring (bicyclic) bond motifs is 1. The molecule has 27 heavy (non-hydrogen) atoms. The number of aromatic amines is 1. The Morgan fingerprint density at radius 3 is 2.59 bits per heavy atom. The first kappa shape index (κ1) is 17.5. The first-order chi connectivity index (χ1) is 12.9. The Morgan fingerprint density at radius 2 is 1.85 bits per heavy atom. The lowest BCUT2D eigenvalue weighted by atomic mass is 9.93. The standard InChI is InChI=1S/C20H21N3O4/c24-17-7-6-16(9-21-17)19(26)23-11-20(27,12-23)10-22-18(25)15-5-4-13-2-1-3-14(13)8-15/h4-9,27H,1-3,10-12H2,(H,21,24)(H,22,25). The maximum atomic E-state index is 12.4. The summed E-state index contributed by atoms with van der Waals surface area (Å²) < 4.78 is 0. The Labute approximate surface area is 156 Å². The fourth-order valence-electron chi connectivity index (χ4n) is 3.71. The highest BCUT2D eigenvalue weighted by Crippen LogP contribution is 2.24. The van der Waals surface area contributed by atoms with Crippen molar-refractivity contribution >= 4 is 11.8 Å². The number of likely N-dealkylation sites (tertiary alicyclic amines) is 1. The zero-order valence-electron chi connectivity index (χ0n) is 14.8. The van der Waals surface area contributed by atoms with Crippen LogP contribution in [-0.2, 0) is 12.8 Å². The Balaban J connectivity index is 1.31. The maximum absolute atomic E-state index is 12.4. The average Bonchev–Trinajstić information content (AvgIpc) is 3.11. The van der Waals surface area contributed by atoms with Crippen molar-refractivity contribution in [3.05, 3.63) is 69.1 Å². The van der Waals surface area contributed by atoms with Gasteiger partial charge in [-0.25, -0.2) is 0 Å². The van der Waals surface area contributed by atoms with Gasteiger partial charge in [-0.05, 0) is 48.6 Å². The van der Waals surface area contributed by atoms with Crippen LogP contribution >= 0.6 is 0 Å². The number of β-amino-alcohol motifs (C(OH)–C–C–N with tert-alkyl or cyclic N) is 1. The zero-order valence-corrected chi connectivity index (χ0v) is 14.8. The molecule has 1 aromatic carbocycles. The van der Waals surface area contributed by atoms with E-state index in [1.54, 1.807) is 0 Å². The van der Waals surface area contributed by atoms with Crippen molar-refractivity contribution in [3.8, 4) is 0 Å². The van der Waals surface area contributed by atoms with Gasteiger partial charge in [-0.15, -0.1) is 0 Å². The Bertz CT molecular complexity index is 939. The molecule has 1 aliphatic heterocycles. The second-order valence-electron chi connectivity index (χ2n) is 7.35. The number of nitrogens with zero attached hydrogens (tertiary/aromatic N) is 1. The first-order valence-corrected chi connectivity index (χ1v) is 9.04. The minimum Gasteiger partial charge on any atom is -0.384 e. The van der Waals surface area contributed by atoms with Crippen LogP contribution in [0, 0.1) is 0 Å². The first-order valence-electron chi connectivity index (χ1n) is 9.04. The lowest BCUT2D eigenvalue weighted by Crippen LogP contribution is -2.67. The SMILES string of the molecule is O=C(NCC1(O)CN(C(=O)c2ccc(=O)[nH]c2)C1)c1ccc2c(c1)CCC2. The number of benzene rings is 1. The largest absolute Gasteiger partial charge is 0.384 e. The van der Waals surface area contributed by atoms with Crippen molar-refractivity contribution in [2.45, 2.75) is 24.9 Å². The van der Waals surface area contributed by atoms with Crippen LogP contribution in [0.5, 0.6) is 0 Å². The maximum Gasteiger partial charge on any atom is 0.255 e. The van der Waals surface area contributed by atoms with Gasteiger partial charge in [-0.2, -0.15) is 0 Å². The number of amides is 2. The number of H-pyrrole nitrogens is 1. The Kier molecular flexibility index (Phi) is 4.31. The molecular weight excluding hydrogens is 346 g/mol. The van der Waals surface area contributed by atoms with Gasteiger partial charge < -0.3 is 20.3 Å². The molecule has 1 fully saturated rings. The third-order valence-electron chi connectivity index (χ3n) is 5.23. The fourth-order valence-corrected chi connectivity index (χ4v) is 3.71. The third kappa shape index (κ3) is 3.50. The number of hydrogen-bond donors (Lipinski definition) is 3. The van der Waals surface area contributed by atoms with Crippen LogP contribution in [0.3, 0.4) is 0 Å². The second-order valence-corrected chi connectivity index (χ2v) is 7.35. The number of carbonyl (C=O) groups excluding carboxylic acids is 2. The number of aryl methyl sites for hydroxylation is 2. The van der Waals surface area contributed by atoms with Crippen LogP contribution in [0.1, 0.15) is 38.3 Å². The van der Waals surface area contributed by atoms with E-state index in [-0.39, 0.29) is 37.0 Å². The molecule has 1 aromatic heterocycles. The van der Waals surface area contributed by atoms with Gasteiger partial charge in [0.05, 0.1) is 25.2 Å². The summed E-state index contributed by atoms with van der Waals surface area (Å²) in [6.45, 7) is 0.350. The summed E-state index contributed by atoms with van der Waals surface area (Å²) in [5.74, 6) is -0.482. The molecule has 0 saturated carbocycles. The van der Waals surface area contributed by atoms with Crippen molar-refractivity contribution < 1.29 is 14.7 Å². The van der Waals surface area contributed by atoms with Gasteiger partial charge in [-0.3, -0.25) is 14.4 Å². The van der Waals surface area contributed by atoms with Crippen molar-refractivity contribution in [3.63, 3.8) is 0 Å². The van der Waals surface area contributed by atoms with Crippen LogP contribution in [0.15, 0.2) is 41.3 Å². The highest BCUT2D eigenvalue weighted by Gasteiger charge is 2.44. The van der Waals surface area contributed by atoms with Gasteiger partial charge in [0.1, 0.15) is 5.60 Å². The predicted octanol–water partition coefficient (Wildman–Crippen LogP) is 0.480. The van der Waals surface area contributed by atoms with Gasteiger partial charge in [0.15, 0.2) is 0 Å². The van der Waals surface area contributed by atoms with E-state index in [9.17, 15) is 19.5 Å². The molecule has 7 heteroatoms. The topological polar surface area (TPSA) is 102 Å². The smallest absolute Gasteiger partial charge is 0.255 e. The minimum absolute atomic E-state index is 0.0817. The quantitative estimate of drug-likeness (QED) is 0.731. The van der Waals surface area contributed by atoms with E-state index >= 15 is 0 Å². The molecule has 2 heterocycles. The van der Waals surface area contributed by atoms with Crippen molar-refractivity contribution in [2.75, 3.05) is 19.6 Å². The third-order valence-corrected chi connectivity index (χ3v) is 5.23. The van der Waals surface area contributed by atoms with Crippen LogP contribution in [0.2, 0.25) is 0 Å². The van der Waals surface area contributed by atoms with Gasteiger partial charge >= 0.3 is 0 Å². The highest BCUT2D eigenvalue weighted by atomic mass is 16.3. The molecule has 0 atom stereocenters. The molecule has 0 spiro atoms. The monoisotopic (exact) mass is 367 g/mol. The summed E-state index contributed by atoms with van der Waals surface area (Å²) in [6, 6.07) is 8.48. The molecule has 4 rings (SSSR count). The summed E-state index contributed by atoms with van der Waals surface area (Å²) in [6.07, 6.45) is 4.55. The predicted molar refractivity (Wildman–Crippen MR) is 98.7 cm³/mol. The molecule has 7 nitrogen and oxygen atoms in total. The van der Waals surface area contributed by atoms with E-state index in [0.717, 1.165) is 19.3 Å². The fraction of sp³-hybridized carbons (Fsp3) is 0.350. The number of pyridine rings is 1. The molecule has 0 bridgehead atoms. The Morgan fingerprint density at radius 1 is 1.11 bits per heavy atom. The van der Waals surface area contributed by atoms with Crippen molar-refractivity contribution in [1.82, 2.24) is 15.2 Å². The number of carbonyl (C=O) groups is 2. The van der Waals surface area contributed by atoms with Crippen LogP contribution in [0.4, 0.5) is 0 Å². The molecular formula is C20H21N3O4. The van der Waals surface area contributed by atoms with Gasteiger partial charge in [0, 0.05) is 17.8 Å². The average molecular weight is 367 g/mol. The second kappa shape index (κ2) is 6.66. The number of aromatic nitrogens is 1. The summed E-state index contributed by atoms with van der Waals surface area (Å²) in [7, 11) is 0. The number of nitrogens with one attached hydrogen (secondary N) is 2. The summed E-state index contributed by atoms with van der Waals surface area (Å²) in [5.41, 5.74) is 2.08. The van der Waals surface area contributed by atoms with Gasteiger partial charge in [0.25, 0.3) is 11.8 Å². The normalized spacial score (nSPS) is 17.1. The Hall–Kier alpha value is -2.93. The zero-order chi connectivity index (χ0) is 19.0. The number of aliphatic hydroxyl groups is 1. The molecule has 0 radical (unpaired) electrons. The lowest BCUT2D eigenvalue weighted by Gasteiger charge is -2.46. The van der Waals surface area contributed by atoms with Crippen LogP contribution < -0.4 is 10.9 Å². The van der Waals surface area contributed by atoms with Crippen LogP contribution in [-0.4, -0.2) is 52.0 Å². The summed E-state index contributed by atoms with van der Waals surface area (Å²) >= 11 is 0. The van der Waals surface area contributed by atoms with Crippen LogP contribution in [0.25, 0.3) is 0 Å². The highest BCUT2D eigenvalue weighted by molar-refractivity contribution is 5.95. The number of rotatable bonds is 4. The summed E-state index contributed by atoms with van der Waals surface area (Å²) in [4.78, 5) is 39.7. The van der Waals surface area contributed by atoms with E-state index in [1.807, 2.05) is 18.2 Å². The van der Waals surface area contributed by atoms with E-state index in [1.165, 1.54) is 34.4 Å². The molecule has 1 saturated heterocycles. The molecule has 2 aliphatic rings. The minimum atomic E-state index is -1.13. The van der Waals surface area contributed by atoms with E-state index in [0.29, 0.717) is 11.1 Å². The van der Waals surface area contributed by atoms with E-state index in [2.05, 4.69) is 10.3 Å². The van der Waals surface area contributed by atoms with Gasteiger partial charge in [-0.1, -0.05) is 6.07 Å². The van der Waals surface area contributed by atoms with Crippen molar-refractivity contribution in [2.24, 2.45) is 0 Å². The molecule has 0 unspecified atom stereocenters.